The van der Waals surface area contributed by atoms with Crippen molar-refractivity contribution in [3.05, 3.63) is 114 Å². The summed E-state index contributed by atoms with van der Waals surface area (Å²) in [4.78, 5) is 18.2. The molecular formula is C34H33N7O. The molecule has 0 bridgehead atoms. The molecule has 1 atom stereocenters. The Morgan fingerprint density at radius 2 is 1.83 bits per heavy atom. The molecule has 8 heteroatoms. The van der Waals surface area contributed by atoms with Gasteiger partial charge >= 0.3 is 0 Å². The number of hydrogen-bond donors (Lipinski definition) is 1. The molecule has 2 N–H and O–H groups in total. The first-order chi connectivity index (χ1) is 20.5. The van der Waals surface area contributed by atoms with E-state index in [1.54, 1.807) is 6.92 Å². The van der Waals surface area contributed by atoms with E-state index in [0.717, 1.165) is 65.7 Å². The Labute approximate surface area is 244 Å². The van der Waals surface area contributed by atoms with E-state index in [1.807, 2.05) is 32.3 Å². The third-order valence-corrected chi connectivity index (χ3v) is 8.41. The summed E-state index contributed by atoms with van der Waals surface area (Å²) in [5.74, 6) is 0.993. The number of hydrogen-bond acceptors (Lipinski definition) is 5. The Kier molecular flexibility index (Phi) is 6.66. The molecule has 1 aliphatic heterocycles. The molecule has 1 amide bonds. The third kappa shape index (κ3) is 5.00. The minimum Gasteiger partial charge on any atom is -0.382 e. The number of amides is 1. The Hall–Kier alpha value is -4.98. The fourth-order valence-corrected chi connectivity index (χ4v) is 6.22. The summed E-state index contributed by atoms with van der Waals surface area (Å²) in [6, 6.07) is 27.7. The zero-order valence-corrected chi connectivity index (χ0v) is 23.6. The molecule has 3 aromatic heterocycles. The number of anilines is 1. The first-order valence-electron chi connectivity index (χ1n) is 14.5. The number of benzene rings is 3. The van der Waals surface area contributed by atoms with Crippen molar-refractivity contribution in [1.82, 2.24) is 29.3 Å². The zero-order chi connectivity index (χ0) is 28.6. The average Bonchev–Trinajstić information content (AvgIpc) is 3.59. The molecule has 4 heterocycles. The molecule has 0 aliphatic carbocycles. The molecule has 6 aromatic rings. The van der Waals surface area contributed by atoms with E-state index >= 15 is 0 Å². The van der Waals surface area contributed by atoms with Gasteiger partial charge in [0.05, 0.1) is 12.1 Å². The number of nitrogen functional groups attached to an aromatic ring is 1. The molecule has 0 spiro atoms. The second kappa shape index (κ2) is 10.8. The van der Waals surface area contributed by atoms with Crippen molar-refractivity contribution in [2.75, 3.05) is 18.8 Å². The van der Waals surface area contributed by atoms with Crippen LogP contribution in [-0.2, 0) is 17.8 Å². The summed E-state index contributed by atoms with van der Waals surface area (Å²) < 4.78 is 3.90. The maximum absolute atomic E-state index is 11.9. The van der Waals surface area contributed by atoms with Gasteiger partial charge in [0.1, 0.15) is 11.8 Å². The van der Waals surface area contributed by atoms with Gasteiger partial charge in [-0.3, -0.25) is 9.48 Å². The number of rotatable bonds is 6. The van der Waals surface area contributed by atoms with E-state index in [4.69, 9.17) is 10.8 Å². The summed E-state index contributed by atoms with van der Waals surface area (Å²) in [7, 11) is 0. The Balaban J connectivity index is 1.18. The Morgan fingerprint density at radius 1 is 1.00 bits per heavy atom. The zero-order valence-electron chi connectivity index (χ0n) is 23.6. The van der Waals surface area contributed by atoms with Gasteiger partial charge in [0.25, 0.3) is 0 Å². The lowest BCUT2D eigenvalue weighted by Crippen LogP contribution is -2.37. The lowest BCUT2D eigenvalue weighted by molar-refractivity contribution is -0.130. The fourth-order valence-electron chi connectivity index (χ4n) is 6.22. The molecule has 8 nitrogen and oxygen atoms in total. The van der Waals surface area contributed by atoms with Crippen molar-refractivity contribution < 1.29 is 4.79 Å². The first kappa shape index (κ1) is 26.0. The van der Waals surface area contributed by atoms with Crippen LogP contribution in [0.5, 0.6) is 0 Å². The van der Waals surface area contributed by atoms with E-state index in [1.165, 1.54) is 23.0 Å². The van der Waals surface area contributed by atoms with E-state index in [-0.39, 0.29) is 5.91 Å². The average molecular weight is 556 g/mol. The number of nitrogens with zero attached hydrogens (tertiary/aromatic N) is 6. The fraction of sp³-hybridized carbons (Fsp3) is 0.235. The molecule has 210 valence electrons. The number of piperidine rings is 1. The summed E-state index contributed by atoms with van der Waals surface area (Å²) >= 11 is 0. The van der Waals surface area contributed by atoms with Crippen LogP contribution in [0.1, 0.15) is 48.1 Å². The number of carbonyl (C=O) groups excluding carboxylic acids is 1. The maximum atomic E-state index is 11.9. The second-order valence-electron chi connectivity index (χ2n) is 11.3. The number of likely N-dealkylation sites (tertiary alicyclic amines) is 1. The van der Waals surface area contributed by atoms with Crippen molar-refractivity contribution in [3.8, 4) is 11.1 Å². The van der Waals surface area contributed by atoms with E-state index < -0.39 is 0 Å². The summed E-state index contributed by atoms with van der Waals surface area (Å²) in [5.41, 5.74) is 14.9. The summed E-state index contributed by atoms with van der Waals surface area (Å²) in [6.07, 6.45) is 6.46. The van der Waals surface area contributed by atoms with E-state index in [2.05, 4.69) is 76.9 Å². The van der Waals surface area contributed by atoms with Crippen LogP contribution in [0, 0.1) is 0 Å². The molecule has 1 aliphatic rings. The number of carbonyl (C=O) groups is 1. The van der Waals surface area contributed by atoms with Crippen molar-refractivity contribution >= 4 is 28.1 Å². The molecular weight excluding hydrogens is 522 g/mol. The highest BCUT2D eigenvalue weighted by Crippen LogP contribution is 2.33. The second-order valence-corrected chi connectivity index (χ2v) is 11.3. The quantitative estimate of drug-likeness (QED) is 0.285. The lowest BCUT2D eigenvalue weighted by atomic mass is 9.90. The SMILES string of the molecule is CC(=O)N1CCCC(c2ccc(Cc3cc(-c4ccc5cn(Cc6ccccc6)nc5c4)c4c(N)ncnn34)cc2)C1. The molecule has 3 aromatic carbocycles. The van der Waals surface area contributed by atoms with Gasteiger partial charge in [-0.05, 0) is 47.2 Å². The largest absolute Gasteiger partial charge is 0.382 e. The maximum Gasteiger partial charge on any atom is 0.219 e. The minimum atomic E-state index is 0.160. The van der Waals surface area contributed by atoms with Crippen LogP contribution in [0.3, 0.4) is 0 Å². The number of aromatic nitrogens is 5. The molecule has 7 rings (SSSR count). The molecule has 0 radical (unpaired) electrons. The van der Waals surface area contributed by atoms with Crippen molar-refractivity contribution in [3.63, 3.8) is 0 Å². The van der Waals surface area contributed by atoms with Gasteiger partial charge in [-0.15, -0.1) is 0 Å². The van der Waals surface area contributed by atoms with Crippen LogP contribution in [0.15, 0.2) is 91.4 Å². The van der Waals surface area contributed by atoms with Gasteiger partial charge in [0.2, 0.25) is 5.91 Å². The van der Waals surface area contributed by atoms with Crippen molar-refractivity contribution in [2.45, 2.75) is 38.6 Å². The highest BCUT2D eigenvalue weighted by molar-refractivity contribution is 5.92. The normalized spacial score (nSPS) is 15.5. The van der Waals surface area contributed by atoms with Crippen molar-refractivity contribution in [1.29, 1.82) is 0 Å². The van der Waals surface area contributed by atoms with Crippen LogP contribution in [-0.4, -0.2) is 48.3 Å². The van der Waals surface area contributed by atoms with E-state index in [9.17, 15) is 4.79 Å². The van der Waals surface area contributed by atoms with Gasteiger partial charge in [-0.25, -0.2) is 9.50 Å². The molecule has 1 fully saturated rings. The van der Waals surface area contributed by atoms with Gasteiger partial charge in [-0.1, -0.05) is 66.7 Å². The van der Waals surface area contributed by atoms with Gasteiger partial charge in [0.15, 0.2) is 5.82 Å². The van der Waals surface area contributed by atoms with E-state index in [0.29, 0.717) is 18.2 Å². The molecule has 1 saturated heterocycles. The smallest absolute Gasteiger partial charge is 0.219 e. The predicted octanol–water partition coefficient (Wildman–Crippen LogP) is 5.69. The molecule has 42 heavy (non-hydrogen) atoms. The highest BCUT2D eigenvalue weighted by atomic mass is 16.2. The Morgan fingerprint density at radius 3 is 2.64 bits per heavy atom. The molecule has 1 unspecified atom stereocenters. The van der Waals surface area contributed by atoms with Crippen LogP contribution in [0.25, 0.3) is 27.5 Å². The monoisotopic (exact) mass is 555 g/mol. The van der Waals surface area contributed by atoms with Gasteiger partial charge in [0, 0.05) is 55.2 Å². The lowest BCUT2D eigenvalue weighted by Gasteiger charge is -2.32. The van der Waals surface area contributed by atoms with Crippen LogP contribution >= 0.6 is 0 Å². The molecule has 0 saturated carbocycles. The number of fused-ring (bicyclic) bond motifs is 2. The predicted molar refractivity (Wildman–Crippen MR) is 165 cm³/mol. The summed E-state index contributed by atoms with van der Waals surface area (Å²) in [6.45, 7) is 4.04. The van der Waals surface area contributed by atoms with Gasteiger partial charge < -0.3 is 10.6 Å². The van der Waals surface area contributed by atoms with Crippen LogP contribution < -0.4 is 5.73 Å². The number of nitrogens with two attached hydrogens (primary N) is 1. The van der Waals surface area contributed by atoms with Crippen molar-refractivity contribution in [2.24, 2.45) is 0 Å². The minimum absolute atomic E-state index is 0.160. The van der Waals surface area contributed by atoms with Crippen LogP contribution in [0.4, 0.5) is 5.82 Å². The van der Waals surface area contributed by atoms with Crippen LogP contribution in [0.2, 0.25) is 0 Å². The highest BCUT2D eigenvalue weighted by Gasteiger charge is 2.23. The third-order valence-electron chi connectivity index (χ3n) is 8.41. The topological polar surface area (TPSA) is 94.3 Å². The summed E-state index contributed by atoms with van der Waals surface area (Å²) in [5, 5.41) is 10.5. The Bertz CT molecular complexity index is 1890. The first-order valence-corrected chi connectivity index (χ1v) is 14.5. The van der Waals surface area contributed by atoms with Gasteiger partial charge in [-0.2, -0.15) is 10.2 Å². The standard InChI is InChI=1S/C34H33N7O/c1-23(42)39-15-5-8-28(20-39)26-11-9-24(10-12-26)16-30-18-31(33-34(35)36-22-37-41(30)33)27-13-14-29-21-40(38-32(29)17-27)19-25-6-3-2-4-7-25/h2-4,6-7,9-14,17-18,21-22,28H,5,8,15-16,19-20H2,1H3,(H2,35,36,37).